The number of benzene rings is 1. The molecule has 2 nitrogen and oxygen atoms in total. The SMILES string of the molecule is COc1ccc(C2CC(O)C2)cc1. The van der Waals surface area contributed by atoms with Gasteiger partial charge in [-0.2, -0.15) is 0 Å². The summed E-state index contributed by atoms with van der Waals surface area (Å²) in [6.45, 7) is 0. The van der Waals surface area contributed by atoms with Gasteiger partial charge in [0.15, 0.2) is 0 Å². The summed E-state index contributed by atoms with van der Waals surface area (Å²) in [5.41, 5.74) is 1.31. The highest BCUT2D eigenvalue weighted by Gasteiger charge is 2.28. The number of hydrogen-bond donors (Lipinski definition) is 1. The van der Waals surface area contributed by atoms with E-state index in [9.17, 15) is 0 Å². The van der Waals surface area contributed by atoms with Crippen molar-refractivity contribution >= 4 is 0 Å². The van der Waals surface area contributed by atoms with E-state index in [1.165, 1.54) is 5.56 Å². The normalized spacial score (nSPS) is 26.6. The fourth-order valence-corrected chi connectivity index (χ4v) is 1.74. The second kappa shape index (κ2) is 3.38. The standard InChI is InChI=1S/C11H14O2/c1-13-11-4-2-8(3-5-11)9-6-10(12)7-9/h2-5,9-10,12H,6-7H2,1H3. The van der Waals surface area contributed by atoms with Crippen LogP contribution in [0.5, 0.6) is 5.75 Å². The molecule has 70 valence electrons. The maximum absolute atomic E-state index is 9.16. The van der Waals surface area contributed by atoms with Gasteiger partial charge in [0.1, 0.15) is 5.75 Å². The van der Waals surface area contributed by atoms with Crippen LogP contribution >= 0.6 is 0 Å². The zero-order valence-electron chi connectivity index (χ0n) is 7.73. The van der Waals surface area contributed by atoms with E-state index in [2.05, 4.69) is 12.1 Å². The molecule has 0 heterocycles. The molecule has 0 bridgehead atoms. The van der Waals surface area contributed by atoms with Crippen molar-refractivity contribution in [1.29, 1.82) is 0 Å². The summed E-state index contributed by atoms with van der Waals surface area (Å²) in [6.07, 6.45) is 1.74. The van der Waals surface area contributed by atoms with Gasteiger partial charge in [-0.05, 0) is 36.5 Å². The third kappa shape index (κ3) is 1.68. The van der Waals surface area contributed by atoms with E-state index in [-0.39, 0.29) is 6.10 Å². The van der Waals surface area contributed by atoms with Gasteiger partial charge >= 0.3 is 0 Å². The topological polar surface area (TPSA) is 29.5 Å². The molecule has 1 aromatic carbocycles. The molecule has 1 N–H and O–H groups in total. The Hall–Kier alpha value is -1.02. The largest absolute Gasteiger partial charge is 0.497 e. The van der Waals surface area contributed by atoms with Gasteiger partial charge in [0.2, 0.25) is 0 Å². The molecular formula is C11H14O2. The van der Waals surface area contributed by atoms with Crippen LogP contribution in [0.4, 0.5) is 0 Å². The molecule has 0 aliphatic heterocycles. The van der Waals surface area contributed by atoms with Crippen LogP contribution in [-0.2, 0) is 0 Å². The van der Waals surface area contributed by atoms with Crippen molar-refractivity contribution in [2.45, 2.75) is 24.9 Å². The van der Waals surface area contributed by atoms with E-state index in [1.54, 1.807) is 7.11 Å². The van der Waals surface area contributed by atoms with Gasteiger partial charge in [0.05, 0.1) is 13.2 Å². The number of ether oxygens (including phenoxy) is 1. The average Bonchev–Trinajstić information content (AvgIpc) is 2.13. The van der Waals surface area contributed by atoms with Gasteiger partial charge in [0, 0.05) is 0 Å². The molecule has 0 atom stereocenters. The lowest BCUT2D eigenvalue weighted by atomic mass is 9.78. The quantitative estimate of drug-likeness (QED) is 0.749. The third-order valence-electron chi connectivity index (χ3n) is 2.70. The van der Waals surface area contributed by atoms with Crippen LogP contribution in [0.3, 0.4) is 0 Å². The summed E-state index contributed by atoms with van der Waals surface area (Å²) in [5, 5.41) is 9.16. The van der Waals surface area contributed by atoms with E-state index in [0.717, 1.165) is 18.6 Å². The smallest absolute Gasteiger partial charge is 0.118 e. The molecule has 0 amide bonds. The lowest BCUT2D eigenvalue weighted by Gasteiger charge is -2.31. The second-order valence-corrected chi connectivity index (χ2v) is 3.60. The highest BCUT2D eigenvalue weighted by Crippen LogP contribution is 2.37. The van der Waals surface area contributed by atoms with Crippen molar-refractivity contribution in [1.82, 2.24) is 0 Å². The van der Waals surface area contributed by atoms with Crippen LogP contribution in [0.25, 0.3) is 0 Å². The van der Waals surface area contributed by atoms with E-state index in [1.807, 2.05) is 12.1 Å². The second-order valence-electron chi connectivity index (χ2n) is 3.60. The molecule has 0 aromatic heterocycles. The zero-order chi connectivity index (χ0) is 9.26. The van der Waals surface area contributed by atoms with E-state index >= 15 is 0 Å². The number of methoxy groups -OCH3 is 1. The van der Waals surface area contributed by atoms with Crippen molar-refractivity contribution in [3.8, 4) is 5.75 Å². The first-order chi connectivity index (χ1) is 6.29. The first kappa shape index (κ1) is 8.57. The molecule has 2 heteroatoms. The van der Waals surface area contributed by atoms with E-state index < -0.39 is 0 Å². The Morgan fingerprint density at radius 1 is 1.23 bits per heavy atom. The molecule has 0 radical (unpaired) electrons. The van der Waals surface area contributed by atoms with Gasteiger partial charge in [-0.25, -0.2) is 0 Å². The van der Waals surface area contributed by atoms with Gasteiger partial charge in [-0.1, -0.05) is 12.1 Å². The summed E-state index contributed by atoms with van der Waals surface area (Å²) < 4.78 is 5.07. The summed E-state index contributed by atoms with van der Waals surface area (Å²) in [6, 6.07) is 8.10. The van der Waals surface area contributed by atoms with Gasteiger partial charge in [0.25, 0.3) is 0 Å². The van der Waals surface area contributed by atoms with Gasteiger partial charge in [-0.15, -0.1) is 0 Å². The lowest BCUT2D eigenvalue weighted by molar-refractivity contribution is 0.0746. The molecule has 1 fully saturated rings. The molecule has 13 heavy (non-hydrogen) atoms. The van der Waals surface area contributed by atoms with Crippen molar-refractivity contribution in [2.24, 2.45) is 0 Å². The van der Waals surface area contributed by atoms with Crippen LogP contribution in [-0.4, -0.2) is 18.3 Å². The van der Waals surface area contributed by atoms with E-state index in [0.29, 0.717) is 5.92 Å². The minimum Gasteiger partial charge on any atom is -0.497 e. The molecule has 1 aliphatic carbocycles. The maximum Gasteiger partial charge on any atom is 0.118 e. The summed E-state index contributed by atoms with van der Waals surface area (Å²) in [4.78, 5) is 0. The summed E-state index contributed by atoms with van der Waals surface area (Å²) in [7, 11) is 1.67. The van der Waals surface area contributed by atoms with Gasteiger partial charge < -0.3 is 9.84 Å². The van der Waals surface area contributed by atoms with Crippen LogP contribution in [0.2, 0.25) is 0 Å². The van der Waals surface area contributed by atoms with E-state index in [4.69, 9.17) is 9.84 Å². The Bertz CT molecular complexity index is 273. The van der Waals surface area contributed by atoms with Crippen molar-refractivity contribution in [3.63, 3.8) is 0 Å². The highest BCUT2D eigenvalue weighted by atomic mass is 16.5. The summed E-state index contributed by atoms with van der Waals surface area (Å²) in [5.74, 6) is 1.45. The zero-order valence-corrected chi connectivity index (χ0v) is 7.73. The predicted octanol–water partition coefficient (Wildman–Crippen LogP) is 1.93. The third-order valence-corrected chi connectivity index (χ3v) is 2.70. The molecule has 1 saturated carbocycles. The minimum absolute atomic E-state index is 0.0768. The first-order valence-electron chi connectivity index (χ1n) is 4.61. The highest BCUT2D eigenvalue weighted by molar-refractivity contribution is 5.30. The van der Waals surface area contributed by atoms with Crippen LogP contribution in [0.1, 0.15) is 24.3 Å². The molecule has 0 saturated heterocycles. The van der Waals surface area contributed by atoms with Crippen molar-refractivity contribution in [3.05, 3.63) is 29.8 Å². The predicted molar refractivity (Wildman–Crippen MR) is 51.0 cm³/mol. The van der Waals surface area contributed by atoms with Gasteiger partial charge in [-0.3, -0.25) is 0 Å². The number of aliphatic hydroxyl groups excluding tert-OH is 1. The Morgan fingerprint density at radius 3 is 2.31 bits per heavy atom. The first-order valence-corrected chi connectivity index (χ1v) is 4.61. The average molecular weight is 178 g/mol. The molecule has 1 aromatic rings. The number of hydrogen-bond acceptors (Lipinski definition) is 2. The monoisotopic (exact) mass is 178 g/mol. The Labute approximate surface area is 78.2 Å². The molecular weight excluding hydrogens is 164 g/mol. The fourth-order valence-electron chi connectivity index (χ4n) is 1.74. The maximum atomic E-state index is 9.16. The lowest BCUT2D eigenvalue weighted by Crippen LogP contribution is -2.26. The van der Waals surface area contributed by atoms with Crippen molar-refractivity contribution in [2.75, 3.05) is 7.11 Å². The molecule has 1 aliphatic rings. The molecule has 2 rings (SSSR count). The Morgan fingerprint density at radius 2 is 1.85 bits per heavy atom. The number of rotatable bonds is 2. The Balaban J connectivity index is 2.06. The molecule has 0 spiro atoms. The minimum atomic E-state index is -0.0768. The van der Waals surface area contributed by atoms with Crippen LogP contribution < -0.4 is 4.74 Å². The van der Waals surface area contributed by atoms with Crippen LogP contribution in [0, 0.1) is 0 Å². The van der Waals surface area contributed by atoms with Crippen LogP contribution in [0.15, 0.2) is 24.3 Å². The Kier molecular flexibility index (Phi) is 2.23. The fraction of sp³-hybridized carbons (Fsp3) is 0.455. The molecule has 0 unspecified atom stereocenters. The summed E-state index contributed by atoms with van der Waals surface area (Å²) >= 11 is 0. The van der Waals surface area contributed by atoms with Crippen molar-refractivity contribution < 1.29 is 9.84 Å². The number of aliphatic hydroxyl groups is 1.